The number of rotatable bonds is 3. The summed E-state index contributed by atoms with van der Waals surface area (Å²) >= 11 is 0. The third-order valence-electron chi connectivity index (χ3n) is 7.45. The molecule has 4 heteroatoms. The predicted molar refractivity (Wildman–Crippen MR) is 156 cm³/mol. The van der Waals surface area contributed by atoms with Crippen LogP contribution in [-0.2, 0) is 0 Å². The van der Waals surface area contributed by atoms with Gasteiger partial charge in [0.2, 0.25) is 0 Å². The van der Waals surface area contributed by atoms with Gasteiger partial charge in [0.05, 0.1) is 22.1 Å². The van der Waals surface area contributed by atoms with Crippen molar-refractivity contribution in [3.63, 3.8) is 0 Å². The number of fused-ring (bicyclic) bond motifs is 6. The average Bonchev–Trinajstić information content (AvgIpc) is 3.51. The molecule has 4 nitrogen and oxygen atoms in total. The van der Waals surface area contributed by atoms with Crippen LogP contribution in [0.1, 0.15) is 0 Å². The summed E-state index contributed by atoms with van der Waals surface area (Å²) in [6.45, 7) is 0. The third-order valence-corrected chi connectivity index (χ3v) is 7.45. The summed E-state index contributed by atoms with van der Waals surface area (Å²) in [5.74, 6) is 1.81. The van der Waals surface area contributed by atoms with Gasteiger partial charge in [0.1, 0.15) is 11.6 Å². The third kappa shape index (κ3) is 3.04. The lowest BCUT2D eigenvalue weighted by Gasteiger charge is -2.10. The van der Waals surface area contributed by atoms with Crippen LogP contribution in [0.2, 0.25) is 0 Å². The fourth-order valence-electron chi connectivity index (χ4n) is 5.72. The summed E-state index contributed by atoms with van der Waals surface area (Å²) < 4.78 is 4.47. The number of para-hydroxylation sites is 4. The molecule has 38 heavy (non-hydrogen) atoms. The van der Waals surface area contributed by atoms with E-state index in [1.165, 1.54) is 21.5 Å². The van der Waals surface area contributed by atoms with Crippen molar-refractivity contribution >= 4 is 43.6 Å². The van der Waals surface area contributed by atoms with E-state index in [0.29, 0.717) is 0 Å². The van der Waals surface area contributed by atoms with E-state index in [1.807, 2.05) is 12.4 Å². The van der Waals surface area contributed by atoms with Crippen LogP contribution < -0.4 is 0 Å². The zero-order chi connectivity index (χ0) is 25.1. The molecule has 8 rings (SSSR count). The lowest BCUT2D eigenvalue weighted by atomic mass is 10.1. The van der Waals surface area contributed by atoms with Crippen molar-refractivity contribution < 1.29 is 0 Å². The van der Waals surface area contributed by atoms with Crippen LogP contribution in [0.5, 0.6) is 0 Å². The van der Waals surface area contributed by atoms with E-state index in [9.17, 15) is 0 Å². The first-order valence-electron chi connectivity index (χ1n) is 12.8. The fourth-order valence-corrected chi connectivity index (χ4v) is 5.72. The molecule has 4 heterocycles. The molecule has 178 valence electrons. The average molecular weight is 487 g/mol. The van der Waals surface area contributed by atoms with Gasteiger partial charge < -0.3 is 0 Å². The molecule has 0 radical (unpaired) electrons. The SMILES string of the molecule is c1ccc2c(c1)c1ccccc1n2-c1ccc(-c2ccc(-n3c4ccccc4c4ccccc43)nc2)cn1. The molecule has 0 saturated heterocycles. The Morgan fingerprint density at radius 2 is 0.658 bits per heavy atom. The molecule has 0 N–H and O–H groups in total. The van der Waals surface area contributed by atoms with Gasteiger partial charge in [-0.2, -0.15) is 0 Å². The van der Waals surface area contributed by atoms with Crippen molar-refractivity contribution in [2.75, 3.05) is 0 Å². The van der Waals surface area contributed by atoms with E-state index in [-0.39, 0.29) is 0 Å². The van der Waals surface area contributed by atoms with E-state index in [1.54, 1.807) is 0 Å². The lowest BCUT2D eigenvalue weighted by Crippen LogP contribution is -1.98. The van der Waals surface area contributed by atoms with Crippen molar-refractivity contribution in [1.29, 1.82) is 0 Å². The molecule has 0 aliphatic heterocycles. The maximum Gasteiger partial charge on any atom is 0.137 e. The highest BCUT2D eigenvalue weighted by atomic mass is 15.1. The second-order valence-electron chi connectivity index (χ2n) is 9.55. The van der Waals surface area contributed by atoms with Gasteiger partial charge in [-0.25, -0.2) is 9.97 Å². The van der Waals surface area contributed by atoms with Gasteiger partial charge in [0, 0.05) is 45.1 Å². The summed E-state index contributed by atoms with van der Waals surface area (Å²) in [6.07, 6.45) is 3.88. The van der Waals surface area contributed by atoms with Gasteiger partial charge in [-0.15, -0.1) is 0 Å². The first-order chi connectivity index (χ1) is 18.9. The van der Waals surface area contributed by atoms with Gasteiger partial charge in [-0.3, -0.25) is 9.13 Å². The maximum atomic E-state index is 4.88. The van der Waals surface area contributed by atoms with E-state index in [4.69, 9.17) is 9.97 Å². The standard InChI is InChI=1S/C34H22N4/c1-5-13-29-25(9-1)26-10-2-6-14-30(26)37(29)33-19-17-23(21-35-33)24-18-20-34(36-22-24)38-31-15-7-3-11-27(31)28-12-4-8-16-32(28)38/h1-22H. The normalized spacial score (nSPS) is 11.7. The summed E-state index contributed by atoms with van der Waals surface area (Å²) in [6, 6.07) is 42.4. The molecule has 0 aliphatic rings. The summed E-state index contributed by atoms with van der Waals surface area (Å²) in [4.78, 5) is 9.76. The Morgan fingerprint density at radius 3 is 0.947 bits per heavy atom. The molecule has 0 amide bonds. The zero-order valence-corrected chi connectivity index (χ0v) is 20.5. The molecule has 0 saturated carbocycles. The number of hydrogen-bond acceptors (Lipinski definition) is 2. The largest absolute Gasteiger partial charge is 0.294 e. The highest BCUT2D eigenvalue weighted by Crippen LogP contribution is 2.33. The molecule has 0 unspecified atom stereocenters. The Labute approximate surface area is 219 Å². The van der Waals surface area contributed by atoms with Gasteiger partial charge in [0.15, 0.2) is 0 Å². The molecule has 0 bridgehead atoms. The van der Waals surface area contributed by atoms with E-state index < -0.39 is 0 Å². The molecule has 4 aromatic heterocycles. The minimum absolute atomic E-state index is 0.904. The molecule has 0 fully saturated rings. The highest BCUT2D eigenvalue weighted by molar-refractivity contribution is 6.10. The van der Waals surface area contributed by atoms with Crippen LogP contribution in [0.15, 0.2) is 134 Å². The number of benzene rings is 4. The van der Waals surface area contributed by atoms with Crippen molar-refractivity contribution in [3.8, 4) is 22.8 Å². The van der Waals surface area contributed by atoms with Gasteiger partial charge >= 0.3 is 0 Å². The fraction of sp³-hybridized carbons (Fsp3) is 0. The van der Waals surface area contributed by atoms with Crippen LogP contribution in [0.25, 0.3) is 66.4 Å². The minimum Gasteiger partial charge on any atom is -0.294 e. The maximum absolute atomic E-state index is 4.88. The Kier molecular flexibility index (Phi) is 4.49. The monoisotopic (exact) mass is 486 g/mol. The second-order valence-corrected chi connectivity index (χ2v) is 9.55. The Balaban J connectivity index is 1.20. The Morgan fingerprint density at radius 1 is 0.342 bits per heavy atom. The van der Waals surface area contributed by atoms with Crippen molar-refractivity contribution in [3.05, 3.63) is 134 Å². The molecule has 0 aliphatic carbocycles. The topological polar surface area (TPSA) is 35.6 Å². The molecular formula is C34H22N4. The number of nitrogens with zero attached hydrogens (tertiary/aromatic N) is 4. The van der Waals surface area contributed by atoms with E-state index in [0.717, 1.165) is 44.8 Å². The van der Waals surface area contributed by atoms with E-state index >= 15 is 0 Å². The van der Waals surface area contributed by atoms with Crippen LogP contribution >= 0.6 is 0 Å². The number of pyridine rings is 2. The highest BCUT2D eigenvalue weighted by Gasteiger charge is 2.14. The van der Waals surface area contributed by atoms with Gasteiger partial charge in [-0.1, -0.05) is 72.8 Å². The smallest absolute Gasteiger partial charge is 0.137 e. The molecule has 0 atom stereocenters. The lowest BCUT2D eigenvalue weighted by molar-refractivity contribution is 1.07. The molecule has 0 spiro atoms. The Bertz CT molecular complexity index is 1850. The van der Waals surface area contributed by atoms with Crippen LogP contribution in [0.4, 0.5) is 0 Å². The van der Waals surface area contributed by atoms with Crippen LogP contribution in [0.3, 0.4) is 0 Å². The quantitative estimate of drug-likeness (QED) is 0.252. The Hall–Kier alpha value is -5.22. The zero-order valence-electron chi connectivity index (χ0n) is 20.5. The predicted octanol–water partition coefficient (Wildman–Crippen LogP) is 8.34. The van der Waals surface area contributed by atoms with Crippen LogP contribution in [-0.4, -0.2) is 19.1 Å². The van der Waals surface area contributed by atoms with Crippen LogP contribution in [0, 0.1) is 0 Å². The molecule has 4 aromatic carbocycles. The molecular weight excluding hydrogens is 464 g/mol. The number of aromatic nitrogens is 4. The summed E-state index contributed by atoms with van der Waals surface area (Å²) in [5, 5.41) is 4.94. The summed E-state index contributed by atoms with van der Waals surface area (Å²) in [7, 11) is 0. The second kappa shape index (κ2) is 8.15. The minimum atomic E-state index is 0.904. The van der Waals surface area contributed by atoms with E-state index in [2.05, 4.69) is 130 Å². The summed E-state index contributed by atoms with van der Waals surface area (Å²) in [5.41, 5.74) is 6.71. The van der Waals surface area contributed by atoms with Crippen molar-refractivity contribution in [2.45, 2.75) is 0 Å². The van der Waals surface area contributed by atoms with Gasteiger partial charge in [-0.05, 0) is 48.5 Å². The van der Waals surface area contributed by atoms with Crippen molar-refractivity contribution in [2.24, 2.45) is 0 Å². The first kappa shape index (κ1) is 20.9. The molecule has 8 aromatic rings. The van der Waals surface area contributed by atoms with Crippen molar-refractivity contribution in [1.82, 2.24) is 19.1 Å². The van der Waals surface area contributed by atoms with Gasteiger partial charge in [0.25, 0.3) is 0 Å². The first-order valence-corrected chi connectivity index (χ1v) is 12.8. The number of hydrogen-bond donors (Lipinski definition) is 0.